The first kappa shape index (κ1) is 15.4. The van der Waals surface area contributed by atoms with E-state index in [1.54, 1.807) is 0 Å². The fraction of sp³-hybridized carbons (Fsp3) is 0.455. The predicted octanol–water partition coefficient (Wildman–Crippen LogP) is 1.87. The van der Waals surface area contributed by atoms with Crippen molar-refractivity contribution in [3.8, 4) is 5.95 Å². The van der Waals surface area contributed by atoms with Gasteiger partial charge >= 0.3 is 6.18 Å². The summed E-state index contributed by atoms with van der Waals surface area (Å²) in [4.78, 5) is 11.2. The summed E-state index contributed by atoms with van der Waals surface area (Å²) in [5.41, 5.74) is 4.34. The summed E-state index contributed by atoms with van der Waals surface area (Å²) < 4.78 is 64.0. The molecule has 0 atom stereocenters. The van der Waals surface area contributed by atoms with E-state index in [1.165, 1.54) is 0 Å². The monoisotopic (exact) mass is 335 g/mol. The van der Waals surface area contributed by atoms with E-state index in [-0.39, 0.29) is 30.7 Å². The second kappa shape index (κ2) is 4.99. The van der Waals surface area contributed by atoms with E-state index in [0.717, 1.165) is 16.9 Å². The summed E-state index contributed by atoms with van der Waals surface area (Å²) in [7, 11) is 0. The highest BCUT2D eigenvalue weighted by molar-refractivity contribution is 5.36. The lowest BCUT2D eigenvalue weighted by Crippen LogP contribution is -2.44. The van der Waals surface area contributed by atoms with Crippen molar-refractivity contribution < 1.29 is 22.0 Å². The molecule has 1 aliphatic rings. The average Bonchev–Trinajstić information content (AvgIpc) is 2.85. The van der Waals surface area contributed by atoms with Gasteiger partial charge in [-0.3, -0.25) is 0 Å². The Bertz CT molecular complexity index is 718. The summed E-state index contributed by atoms with van der Waals surface area (Å²) in [6, 6.07) is 0.211. The van der Waals surface area contributed by atoms with Crippen LogP contribution in [-0.4, -0.2) is 36.7 Å². The Morgan fingerprint density at radius 1 is 1.22 bits per heavy atom. The van der Waals surface area contributed by atoms with Crippen LogP contribution in [0.2, 0.25) is 0 Å². The zero-order chi connectivity index (χ0) is 16.8. The van der Waals surface area contributed by atoms with Gasteiger partial charge in [0.05, 0.1) is 0 Å². The van der Waals surface area contributed by atoms with E-state index >= 15 is 0 Å². The quantitative estimate of drug-likeness (QED) is 0.832. The third-order valence-corrected chi connectivity index (χ3v) is 3.15. The molecule has 23 heavy (non-hydrogen) atoms. The maximum Gasteiger partial charge on any atom is 0.435 e. The number of anilines is 2. The molecular formula is C11H10F5N7. The van der Waals surface area contributed by atoms with Crippen molar-refractivity contribution in [3.05, 3.63) is 18.0 Å². The third kappa shape index (κ3) is 3.29. The number of alkyl halides is 5. The van der Waals surface area contributed by atoms with Crippen LogP contribution in [0, 0.1) is 0 Å². The van der Waals surface area contributed by atoms with Gasteiger partial charge < -0.3 is 11.1 Å². The molecule has 2 heterocycles. The third-order valence-electron chi connectivity index (χ3n) is 3.15. The SMILES string of the molecule is Nc1nc(NC2CC(F)(F)C2)nc(-n2ccc(C(F)(F)F)n2)n1. The predicted molar refractivity (Wildman–Crippen MR) is 68.0 cm³/mol. The van der Waals surface area contributed by atoms with Gasteiger partial charge in [0.25, 0.3) is 11.9 Å². The maximum atomic E-state index is 12.8. The molecule has 0 radical (unpaired) electrons. The molecule has 3 rings (SSSR count). The number of rotatable bonds is 3. The lowest BCUT2D eigenvalue weighted by atomic mass is 9.88. The topological polar surface area (TPSA) is 94.5 Å². The average molecular weight is 335 g/mol. The minimum absolute atomic E-state index is 0.0999. The minimum Gasteiger partial charge on any atom is -0.368 e. The molecule has 0 spiro atoms. The van der Waals surface area contributed by atoms with E-state index in [2.05, 4.69) is 25.4 Å². The second-order valence-corrected chi connectivity index (χ2v) is 5.07. The Kier molecular flexibility index (Phi) is 3.34. The minimum atomic E-state index is -4.61. The number of hydrogen-bond acceptors (Lipinski definition) is 6. The van der Waals surface area contributed by atoms with E-state index in [1.807, 2.05) is 0 Å². The van der Waals surface area contributed by atoms with Gasteiger partial charge in [-0.15, -0.1) is 0 Å². The molecular weight excluding hydrogens is 325 g/mol. The fourth-order valence-electron chi connectivity index (χ4n) is 2.08. The Balaban J connectivity index is 1.82. The number of nitrogens with zero attached hydrogens (tertiary/aromatic N) is 5. The van der Waals surface area contributed by atoms with E-state index in [0.29, 0.717) is 0 Å². The van der Waals surface area contributed by atoms with Gasteiger partial charge in [-0.25, -0.2) is 13.5 Å². The molecule has 2 aromatic rings. The van der Waals surface area contributed by atoms with Crippen molar-refractivity contribution >= 4 is 11.9 Å². The molecule has 0 aliphatic heterocycles. The molecule has 12 heteroatoms. The highest BCUT2D eigenvalue weighted by Gasteiger charge is 2.45. The van der Waals surface area contributed by atoms with Gasteiger partial charge in [0.15, 0.2) is 5.69 Å². The molecule has 0 unspecified atom stereocenters. The molecule has 0 aromatic carbocycles. The molecule has 1 fully saturated rings. The molecule has 0 amide bonds. The smallest absolute Gasteiger partial charge is 0.368 e. The summed E-state index contributed by atoms with van der Waals surface area (Å²) in [5, 5.41) is 5.94. The first-order valence-corrected chi connectivity index (χ1v) is 6.41. The van der Waals surface area contributed by atoms with Crippen LogP contribution in [0.4, 0.5) is 33.8 Å². The first-order chi connectivity index (χ1) is 10.6. The van der Waals surface area contributed by atoms with Crippen molar-refractivity contribution in [1.29, 1.82) is 0 Å². The Morgan fingerprint density at radius 3 is 2.48 bits per heavy atom. The summed E-state index contributed by atoms with van der Waals surface area (Å²) in [6.45, 7) is 0. The molecule has 3 N–H and O–H groups in total. The van der Waals surface area contributed by atoms with Gasteiger partial charge in [0, 0.05) is 25.1 Å². The van der Waals surface area contributed by atoms with Gasteiger partial charge in [-0.1, -0.05) is 0 Å². The van der Waals surface area contributed by atoms with Crippen molar-refractivity contribution in [2.75, 3.05) is 11.1 Å². The van der Waals surface area contributed by atoms with Gasteiger partial charge in [-0.05, 0) is 6.07 Å². The Morgan fingerprint density at radius 2 is 1.91 bits per heavy atom. The van der Waals surface area contributed by atoms with Crippen LogP contribution in [0.15, 0.2) is 12.3 Å². The van der Waals surface area contributed by atoms with Crippen LogP contribution in [0.3, 0.4) is 0 Å². The van der Waals surface area contributed by atoms with Crippen LogP contribution < -0.4 is 11.1 Å². The lowest BCUT2D eigenvalue weighted by Gasteiger charge is -2.35. The number of nitrogen functional groups attached to an aromatic ring is 1. The summed E-state index contributed by atoms with van der Waals surface area (Å²) >= 11 is 0. The van der Waals surface area contributed by atoms with Crippen LogP contribution in [0.25, 0.3) is 5.95 Å². The van der Waals surface area contributed by atoms with Crippen molar-refractivity contribution in [2.24, 2.45) is 0 Å². The van der Waals surface area contributed by atoms with Crippen molar-refractivity contribution in [2.45, 2.75) is 31.0 Å². The molecule has 0 saturated heterocycles. The molecule has 2 aromatic heterocycles. The van der Waals surface area contributed by atoms with E-state index in [9.17, 15) is 22.0 Å². The van der Waals surface area contributed by atoms with E-state index < -0.39 is 23.8 Å². The first-order valence-electron chi connectivity index (χ1n) is 6.41. The molecule has 124 valence electrons. The number of aromatic nitrogens is 5. The van der Waals surface area contributed by atoms with Gasteiger partial charge in [-0.2, -0.15) is 33.2 Å². The zero-order valence-corrected chi connectivity index (χ0v) is 11.3. The number of nitrogens with one attached hydrogen (secondary N) is 1. The molecule has 0 bridgehead atoms. The number of halogens is 5. The van der Waals surface area contributed by atoms with Crippen LogP contribution in [-0.2, 0) is 6.18 Å². The fourth-order valence-corrected chi connectivity index (χ4v) is 2.08. The second-order valence-electron chi connectivity index (χ2n) is 5.07. The number of hydrogen-bond donors (Lipinski definition) is 2. The van der Waals surface area contributed by atoms with Gasteiger partial charge in [0.1, 0.15) is 0 Å². The standard InChI is InChI=1S/C11H10F5N7/c12-10(13)3-5(4-10)18-8-19-7(17)20-9(21-8)23-2-1-6(22-23)11(14,15)16/h1-2,5H,3-4H2,(H3,17,18,19,20,21). The Hall–Kier alpha value is -2.53. The van der Waals surface area contributed by atoms with Crippen LogP contribution in [0.1, 0.15) is 18.5 Å². The van der Waals surface area contributed by atoms with Crippen LogP contribution >= 0.6 is 0 Å². The molecule has 7 nitrogen and oxygen atoms in total. The summed E-state index contributed by atoms with van der Waals surface area (Å²) in [6.07, 6.45) is -4.36. The lowest BCUT2D eigenvalue weighted by molar-refractivity contribution is -0.141. The van der Waals surface area contributed by atoms with Crippen molar-refractivity contribution in [1.82, 2.24) is 24.7 Å². The number of nitrogens with two attached hydrogens (primary N) is 1. The summed E-state index contributed by atoms with van der Waals surface area (Å²) in [5.74, 6) is -3.35. The van der Waals surface area contributed by atoms with Crippen LogP contribution in [0.5, 0.6) is 0 Å². The van der Waals surface area contributed by atoms with Crippen molar-refractivity contribution in [3.63, 3.8) is 0 Å². The normalized spacial score (nSPS) is 17.8. The zero-order valence-electron chi connectivity index (χ0n) is 11.3. The Labute approximate surface area is 125 Å². The van der Waals surface area contributed by atoms with Gasteiger partial charge in [0.2, 0.25) is 11.9 Å². The molecule has 1 aliphatic carbocycles. The largest absolute Gasteiger partial charge is 0.435 e. The van der Waals surface area contributed by atoms with E-state index in [4.69, 9.17) is 5.73 Å². The molecule has 1 saturated carbocycles. The maximum absolute atomic E-state index is 12.8. The highest BCUT2D eigenvalue weighted by Crippen LogP contribution is 2.38. The highest BCUT2D eigenvalue weighted by atomic mass is 19.4.